The molecule has 0 bridgehead atoms. The molecule has 4 nitrogen and oxygen atoms in total. The Bertz CT molecular complexity index is 205. The van der Waals surface area contributed by atoms with Gasteiger partial charge in [0.25, 0.3) is 0 Å². The Morgan fingerprint density at radius 2 is 2.00 bits per heavy atom. The lowest BCUT2D eigenvalue weighted by molar-refractivity contribution is -0.122. The summed E-state index contributed by atoms with van der Waals surface area (Å²) in [5.74, 6) is -0.00542. The second-order valence-electron chi connectivity index (χ2n) is 4.64. The minimum absolute atomic E-state index is 0.00542. The maximum atomic E-state index is 11.5. The maximum absolute atomic E-state index is 11.5. The Morgan fingerprint density at radius 3 is 2.50 bits per heavy atom. The van der Waals surface area contributed by atoms with Gasteiger partial charge in [0.05, 0.1) is 11.6 Å². The van der Waals surface area contributed by atoms with E-state index in [4.69, 9.17) is 0 Å². The smallest absolute Gasteiger partial charge is 0.236 e. The van der Waals surface area contributed by atoms with Crippen molar-refractivity contribution < 1.29 is 9.90 Å². The van der Waals surface area contributed by atoms with Gasteiger partial charge in [-0.05, 0) is 26.7 Å². The summed E-state index contributed by atoms with van der Waals surface area (Å²) in [5.41, 5.74) is -0.728. The zero-order valence-corrected chi connectivity index (χ0v) is 11.0. The summed E-state index contributed by atoms with van der Waals surface area (Å²) in [5, 5.41) is 15.8. The Labute approximate surface area is 98.8 Å². The van der Waals surface area contributed by atoms with Gasteiger partial charge >= 0.3 is 0 Å². The van der Waals surface area contributed by atoms with Crippen LogP contribution in [-0.2, 0) is 4.79 Å². The van der Waals surface area contributed by atoms with Crippen LogP contribution in [-0.4, -0.2) is 35.7 Å². The Kier molecular flexibility index (Phi) is 7.34. The topological polar surface area (TPSA) is 61.4 Å². The van der Waals surface area contributed by atoms with E-state index in [1.165, 1.54) is 0 Å². The van der Waals surface area contributed by atoms with E-state index in [2.05, 4.69) is 10.6 Å². The molecule has 0 saturated heterocycles. The largest absolute Gasteiger partial charge is 0.389 e. The number of carbonyl (C=O) groups is 1. The van der Waals surface area contributed by atoms with E-state index < -0.39 is 5.60 Å². The van der Waals surface area contributed by atoms with Crippen LogP contribution in [0.3, 0.4) is 0 Å². The predicted octanol–water partition coefficient (Wildman–Crippen LogP) is 1.04. The van der Waals surface area contributed by atoms with Gasteiger partial charge in [-0.25, -0.2) is 0 Å². The summed E-state index contributed by atoms with van der Waals surface area (Å²) in [6, 6.07) is -0.255. The zero-order valence-electron chi connectivity index (χ0n) is 11.0. The van der Waals surface area contributed by atoms with Crippen LogP contribution >= 0.6 is 0 Å². The van der Waals surface area contributed by atoms with Crippen LogP contribution in [0.4, 0.5) is 0 Å². The molecule has 0 fully saturated rings. The molecule has 16 heavy (non-hydrogen) atoms. The summed E-state index contributed by atoms with van der Waals surface area (Å²) in [6.07, 6.45) is 2.61. The lowest BCUT2D eigenvalue weighted by Crippen LogP contribution is -2.48. The van der Waals surface area contributed by atoms with Crippen molar-refractivity contribution in [1.29, 1.82) is 0 Å². The third-order valence-electron chi connectivity index (χ3n) is 2.52. The molecule has 0 aromatic rings. The molecule has 0 rings (SSSR count). The van der Waals surface area contributed by atoms with Gasteiger partial charge in [0, 0.05) is 13.1 Å². The van der Waals surface area contributed by atoms with E-state index in [0.717, 1.165) is 19.3 Å². The average Bonchev–Trinajstić information content (AvgIpc) is 2.22. The second-order valence-corrected chi connectivity index (χ2v) is 4.64. The third-order valence-corrected chi connectivity index (χ3v) is 2.52. The number of hydrogen-bond donors (Lipinski definition) is 3. The van der Waals surface area contributed by atoms with E-state index in [-0.39, 0.29) is 11.9 Å². The van der Waals surface area contributed by atoms with E-state index in [0.29, 0.717) is 13.1 Å². The monoisotopic (exact) mass is 230 g/mol. The zero-order chi connectivity index (χ0) is 12.6. The Balaban J connectivity index is 3.87. The highest BCUT2D eigenvalue weighted by Crippen LogP contribution is 2.10. The van der Waals surface area contributed by atoms with Crippen molar-refractivity contribution in [2.75, 3.05) is 13.1 Å². The van der Waals surface area contributed by atoms with Crippen molar-refractivity contribution >= 4 is 5.91 Å². The first-order valence-corrected chi connectivity index (χ1v) is 6.16. The van der Waals surface area contributed by atoms with Crippen molar-refractivity contribution in [1.82, 2.24) is 10.6 Å². The van der Waals surface area contributed by atoms with Gasteiger partial charge in [0.2, 0.25) is 5.91 Å². The van der Waals surface area contributed by atoms with Gasteiger partial charge in [0.1, 0.15) is 0 Å². The number of aliphatic hydroxyl groups is 1. The van der Waals surface area contributed by atoms with Gasteiger partial charge in [-0.15, -0.1) is 0 Å². The van der Waals surface area contributed by atoms with Crippen molar-refractivity contribution in [2.45, 2.75) is 58.6 Å². The summed E-state index contributed by atoms with van der Waals surface area (Å²) in [7, 11) is 0. The SMILES string of the molecule is CCCNC(=O)C(C)NCC(C)(O)CCC. The number of nitrogens with one attached hydrogen (secondary N) is 2. The first-order chi connectivity index (χ1) is 7.43. The van der Waals surface area contributed by atoms with Crippen LogP contribution in [0.2, 0.25) is 0 Å². The van der Waals surface area contributed by atoms with Crippen LogP contribution in [0.25, 0.3) is 0 Å². The van der Waals surface area contributed by atoms with Gasteiger partial charge in [-0.1, -0.05) is 20.3 Å². The van der Waals surface area contributed by atoms with Crippen LogP contribution in [0.15, 0.2) is 0 Å². The van der Waals surface area contributed by atoms with Crippen molar-refractivity contribution in [2.24, 2.45) is 0 Å². The highest BCUT2D eigenvalue weighted by molar-refractivity contribution is 5.81. The summed E-state index contributed by atoms with van der Waals surface area (Å²) >= 11 is 0. The van der Waals surface area contributed by atoms with E-state index in [9.17, 15) is 9.90 Å². The van der Waals surface area contributed by atoms with E-state index >= 15 is 0 Å². The van der Waals surface area contributed by atoms with Crippen LogP contribution in [0, 0.1) is 0 Å². The molecule has 0 radical (unpaired) electrons. The molecule has 0 aliphatic carbocycles. The molecule has 3 N–H and O–H groups in total. The highest BCUT2D eigenvalue weighted by Gasteiger charge is 2.21. The highest BCUT2D eigenvalue weighted by atomic mass is 16.3. The van der Waals surface area contributed by atoms with Crippen LogP contribution < -0.4 is 10.6 Å². The van der Waals surface area contributed by atoms with Gasteiger partial charge < -0.3 is 15.7 Å². The minimum Gasteiger partial charge on any atom is -0.389 e. The average molecular weight is 230 g/mol. The molecule has 0 spiro atoms. The standard InChI is InChI=1S/C12H26N2O2/c1-5-7-12(4,16)9-14-10(3)11(15)13-8-6-2/h10,14,16H,5-9H2,1-4H3,(H,13,15). The van der Waals surface area contributed by atoms with Gasteiger partial charge in [0.15, 0.2) is 0 Å². The summed E-state index contributed by atoms with van der Waals surface area (Å²) in [6.45, 7) is 8.81. The number of amides is 1. The molecule has 1 amide bonds. The lowest BCUT2D eigenvalue weighted by atomic mass is 10.0. The molecule has 2 atom stereocenters. The van der Waals surface area contributed by atoms with Gasteiger partial charge in [-0.2, -0.15) is 0 Å². The fourth-order valence-corrected chi connectivity index (χ4v) is 1.49. The Morgan fingerprint density at radius 1 is 1.38 bits per heavy atom. The quantitative estimate of drug-likeness (QED) is 0.584. The van der Waals surface area contributed by atoms with E-state index in [1.54, 1.807) is 6.92 Å². The molecule has 0 aromatic heterocycles. The normalized spacial score (nSPS) is 16.6. The van der Waals surface area contributed by atoms with Crippen LogP contribution in [0.5, 0.6) is 0 Å². The van der Waals surface area contributed by atoms with Crippen LogP contribution in [0.1, 0.15) is 47.0 Å². The molecule has 0 aliphatic rings. The number of hydrogen-bond acceptors (Lipinski definition) is 3. The second kappa shape index (κ2) is 7.63. The first-order valence-electron chi connectivity index (χ1n) is 6.16. The minimum atomic E-state index is -0.728. The maximum Gasteiger partial charge on any atom is 0.236 e. The number of carbonyl (C=O) groups excluding carboxylic acids is 1. The molecule has 0 aliphatic heterocycles. The molecule has 0 saturated carbocycles. The molecule has 96 valence electrons. The fourth-order valence-electron chi connectivity index (χ4n) is 1.49. The molecule has 0 aromatic carbocycles. The first kappa shape index (κ1) is 15.4. The lowest BCUT2D eigenvalue weighted by Gasteiger charge is -2.25. The van der Waals surface area contributed by atoms with E-state index in [1.807, 2.05) is 20.8 Å². The summed E-state index contributed by atoms with van der Waals surface area (Å²) in [4.78, 5) is 11.5. The number of rotatable bonds is 8. The van der Waals surface area contributed by atoms with Crippen molar-refractivity contribution in [3.63, 3.8) is 0 Å². The molecular weight excluding hydrogens is 204 g/mol. The van der Waals surface area contributed by atoms with Crippen molar-refractivity contribution in [3.8, 4) is 0 Å². The van der Waals surface area contributed by atoms with Gasteiger partial charge in [-0.3, -0.25) is 4.79 Å². The molecule has 0 heterocycles. The fraction of sp³-hybridized carbons (Fsp3) is 0.917. The predicted molar refractivity (Wildman–Crippen MR) is 66.3 cm³/mol. The third kappa shape index (κ3) is 6.80. The molecular formula is C12H26N2O2. The summed E-state index contributed by atoms with van der Waals surface area (Å²) < 4.78 is 0. The van der Waals surface area contributed by atoms with Crippen molar-refractivity contribution in [3.05, 3.63) is 0 Å². The molecule has 2 unspecified atom stereocenters. The Hall–Kier alpha value is -0.610. The molecule has 4 heteroatoms.